The van der Waals surface area contributed by atoms with E-state index in [2.05, 4.69) is 75.5 Å². The molecule has 0 aliphatic rings. The molecular weight excluding hydrogens is 242 g/mol. The highest BCUT2D eigenvalue weighted by atomic mass is 14.9. The second-order valence-corrected chi connectivity index (χ2v) is 5.63. The topological polar surface area (TPSA) is 12.0 Å². The first kappa shape index (κ1) is 14.8. The highest BCUT2D eigenvalue weighted by molar-refractivity contribution is 5.37. The van der Waals surface area contributed by atoms with Gasteiger partial charge in [0.15, 0.2) is 0 Å². The highest BCUT2D eigenvalue weighted by Crippen LogP contribution is 2.20. The minimum absolute atomic E-state index is 0.427. The average Bonchev–Trinajstić information content (AvgIpc) is 2.43. The molecule has 1 heteroatoms. The Labute approximate surface area is 123 Å². The average molecular weight is 267 g/mol. The van der Waals surface area contributed by atoms with Gasteiger partial charge in [-0.1, -0.05) is 55.0 Å². The summed E-state index contributed by atoms with van der Waals surface area (Å²) in [6.07, 6.45) is 1.11. The van der Waals surface area contributed by atoms with E-state index >= 15 is 0 Å². The Morgan fingerprint density at radius 3 is 2.10 bits per heavy atom. The van der Waals surface area contributed by atoms with Gasteiger partial charge in [0.05, 0.1) is 0 Å². The molecule has 0 fully saturated rings. The Hall–Kier alpha value is -1.60. The lowest BCUT2D eigenvalue weighted by Gasteiger charge is -2.19. The van der Waals surface area contributed by atoms with Gasteiger partial charge in [-0.05, 0) is 49.4 Å². The molecule has 0 saturated heterocycles. The number of benzene rings is 2. The molecule has 20 heavy (non-hydrogen) atoms. The third-order valence-electron chi connectivity index (χ3n) is 3.98. The molecule has 2 aromatic carbocycles. The van der Waals surface area contributed by atoms with E-state index in [4.69, 9.17) is 0 Å². The summed E-state index contributed by atoms with van der Waals surface area (Å²) in [5.74, 6) is 0. The highest BCUT2D eigenvalue weighted by Gasteiger charge is 2.10. The van der Waals surface area contributed by atoms with E-state index in [1.54, 1.807) is 0 Å². The van der Waals surface area contributed by atoms with Crippen molar-refractivity contribution in [3.8, 4) is 0 Å². The lowest BCUT2D eigenvalue weighted by Crippen LogP contribution is -2.21. The zero-order valence-electron chi connectivity index (χ0n) is 13.0. The fraction of sp³-hybridized carbons (Fsp3) is 0.368. The van der Waals surface area contributed by atoms with Crippen LogP contribution in [0.4, 0.5) is 0 Å². The molecule has 0 saturated carbocycles. The second kappa shape index (κ2) is 6.71. The largest absolute Gasteiger partial charge is 0.306 e. The lowest BCUT2D eigenvalue weighted by molar-refractivity contribution is 0.517. The van der Waals surface area contributed by atoms with Gasteiger partial charge >= 0.3 is 0 Å². The SMILES string of the molecule is CCC(NCc1c(C)cc(C)cc1C)c1ccccc1. The molecule has 0 amide bonds. The van der Waals surface area contributed by atoms with Crippen LogP contribution in [0.5, 0.6) is 0 Å². The van der Waals surface area contributed by atoms with Crippen molar-refractivity contribution in [3.05, 3.63) is 70.3 Å². The number of aryl methyl sites for hydroxylation is 3. The minimum atomic E-state index is 0.427. The van der Waals surface area contributed by atoms with Crippen LogP contribution in [0.15, 0.2) is 42.5 Å². The maximum atomic E-state index is 3.70. The Balaban J connectivity index is 2.12. The lowest BCUT2D eigenvalue weighted by atomic mass is 9.98. The predicted octanol–water partition coefficient (Wildman–Crippen LogP) is 4.85. The van der Waals surface area contributed by atoms with Gasteiger partial charge in [-0.3, -0.25) is 0 Å². The fourth-order valence-electron chi connectivity index (χ4n) is 2.90. The van der Waals surface area contributed by atoms with Crippen LogP contribution in [-0.4, -0.2) is 0 Å². The Kier molecular flexibility index (Phi) is 4.97. The van der Waals surface area contributed by atoms with E-state index in [9.17, 15) is 0 Å². The van der Waals surface area contributed by atoms with Crippen LogP contribution in [0.25, 0.3) is 0 Å². The molecule has 106 valence electrons. The third-order valence-corrected chi connectivity index (χ3v) is 3.98. The zero-order chi connectivity index (χ0) is 14.5. The molecule has 2 rings (SSSR count). The second-order valence-electron chi connectivity index (χ2n) is 5.63. The van der Waals surface area contributed by atoms with Gasteiger partial charge in [0.2, 0.25) is 0 Å². The van der Waals surface area contributed by atoms with Crippen molar-refractivity contribution in [2.45, 2.75) is 46.7 Å². The third kappa shape index (κ3) is 3.49. The molecular formula is C19H25N. The van der Waals surface area contributed by atoms with Gasteiger partial charge < -0.3 is 5.32 Å². The van der Waals surface area contributed by atoms with E-state index in [-0.39, 0.29) is 0 Å². The molecule has 0 aliphatic carbocycles. The Bertz CT molecular complexity index is 534. The van der Waals surface area contributed by atoms with E-state index in [1.165, 1.54) is 27.8 Å². The van der Waals surface area contributed by atoms with Crippen molar-refractivity contribution in [2.24, 2.45) is 0 Å². The maximum Gasteiger partial charge on any atom is 0.0320 e. The molecule has 0 radical (unpaired) electrons. The first-order chi connectivity index (χ1) is 9.61. The van der Waals surface area contributed by atoms with Gasteiger partial charge in [0.1, 0.15) is 0 Å². The molecule has 0 spiro atoms. The number of nitrogens with one attached hydrogen (secondary N) is 1. The van der Waals surface area contributed by atoms with Gasteiger partial charge in [-0.15, -0.1) is 0 Å². The van der Waals surface area contributed by atoms with E-state index in [0.717, 1.165) is 13.0 Å². The standard InChI is InChI=1S/C19H25N/c1-5-19(17-9-7-6-8-10-17)20-13-18-15(3)11-14(2)12-16(18)4/h6-12,19-20H,5,13H2,1-4H3. The van der Waals surface area contributed by atoms with Crippen molar-refractivity contribution in [2.75, 3.05) is 0 Å². The van der Waals surface area contributed by atoms with Crippen LogP contribution < -0.4 is 5.32 Å². The summed E-state index contributed by atoms with van der Waals surface area (Å²) in [6, 6.07) is 15.7. The van der Waals surface area contributed by atoms with Crippen molar-refractivity contribution in [3.63, 3.8) is 0 Å². The number of rotatable bonds is 5. The van der Waals surface area contributed by atoms with Gasteiger partial charge in [0.25, 0.3) is 0 Å². The summed E-state index contributed by atoms with van der Waals surface area (Å²) in [5.41, 5.74) is 6.93. The van der Waals surface area contributed by atoms with Crippen molar-refractivity contribution < 1.29 is 0 Å². The van der Waals surface area contributed by atoms with E-state index < -0.39 is 0 Å². The van der Waals surface area contributed by atoms with Crippen molar-refractivity contribution >= 4 is 0 Å². The molecule has 1 N–H and O–H groups in total. The summed E-state index contributed by atoms with van der Waals surface area (Å²) in [5, 5.41) is 3.70. The molecule has 0 heterocycles. The summed E-state index contributed by atoms with van der Waals surface area (Å²) in [6.45, 7) is 9.75. The van der Waals surface area contributed by atoms with Crippen LogP contribution in [0.3, 0.4) is 0 Å². The molecule has 0 aliphatic heterocycles. The normalized spacial score (nSPS) is 12.4. The van der Waals surface area contributed by atoms with Gasteiger partial charge in [-0.2, -0.15) is 0 Å². The molecule has 0 aromatic heterocycles. The first-order valence-electron chi connectivity index (χ1n) is 7.47. The monoisotopic (exact) mass is 267 g/mol. The van der Waals surface area contributed by atoms with Gasteiger partial charge in [0, 0.05) is 12.6 Å². The quantitative estimate of drug-likeness (QED) is 0.816. The molecule has 1 atom stereocenters. The van der Waals surface area contributed by atoms with Crippen molar-refractivity contribution in [1.29, 1.82) is 0 Å². The van der Waals surface area contributed by atoms with Crippen LogP contribution >= 0.6 is 0 Å². The summed E-state index contributed by atoms with van der Waals surface area (Å²) in [4.78, 5) is 0. The van der Waals surface area contributed by atoms with E-state index in [1.807, 2.05) is 0 Å². The summed E-state index contributed by atoms with van der Waals surface area (Å²) in [7, 11) is 0. The molecule has 0 bridgehead atoms. The smallest absolute Gasteiger partial charge is 0.0320 e. The maximum absolute atomic E-state index is 3.70. The van der Waals surface area contributed by atoms with Crippen LogP contribution in [-0.2, 0) is 6.54 Å². The van der Waals surface area contributed by atoms with Gasteiger partial charge in [-0.25, -0.2) is 0 Å². The van der Waals surface area contributed by atoms with Crippen LogP contribution in [0, 0.1) is 20.8 Å². The van der Waals surface area contributed by atoms with Crippen molar-refractivity contribution in [1.82, 2.24) is 5.32 Å². The minimum Gasteiger partial charge on any atom is -0.306 e. The number of hydrogen-bond donors (Lipinski definition) is 1. The number of hydrogen-bond acceptors (Lipinski definition) is 1. The zero-order valence-corrected chi connectivity index (χ0v) is 13.0. The first-order valence-corrected chi connectivity index (χ1v) is 7.47. The summed E-state index contributed by atoms with van der Waals surface area (Å²) < 4.78 is 0. The molecule has 2 aromatic rings. The van der Waals surface area contributed by atoms with Crippen LogP contribution in [0.2, 0.25) is 0 Å². The fourth-order valence-corrected chi connectivity index (χ4v) is 2.90. The van der Waals surface area contributed by atoms with E-state index in [0.29, 0.717) is 6.04 Å². The Morgan fingerprint density at radius 1 is 0.950 bits per heavy atom. The van der Waals surface area contributed by atoms with Crippen LogP contribution in [0.1, 0.15) is 47.2 Å². The predicted molar refractivity (Wildman–Crippen MR) is 87.0 cm³/mol. The molecule has 1 nitrogen and oxygen atoms in total. The Morgan fingerprint density at radius 2 is 1.55 bits per heavy atom. The molecule has 1 unspecified atom stereocenters. The summed E-state index contributed by atoms with van der Waals surface area (Å²) >= 11 is 0.